The van der Waals surface area contributed by atoms with Crippen molar-refractivity contribution in [1.29, 1.82) is 0 Å². The van der Waals surface area contributed by atoms with Crippen LogP contribution in [-0.4, -0.2) is 36.1 Å². The highest BCUT2D eigenvalue weighted by Gasteiger charge is 2.21. The molecule has 21 heavy (non-hydrogen) atoms. The molecule has 0 saturated carbocycles. The molecule has 2 N–H and O–H groups in total. The highest BCUT2D eigenvalue weighted by Crippen LogP contribution is 2.19. The molecule has 0 radical (unpaired) electrons. The van der Waals surface area contributed by atoms with Crippen LogP contribution in [0.15, 0.2) is 6.07 Å². The van der Waals surface area contributed by atoms with E-state index in [1.165, 1.54) is 7.11 Å². The number of rotatable bonds is 7. The summed E-state index contributed by atoms with van der Waals surface area (Å²) in [5.74, 6) is 2.40. The van der Waals surface area contributed by atoms with Crippen LogP contribution in [0.2, 0.25) is 0 Å². The van der Waals surface area contributed by atoms with Crippen molar-refractivity contribution in [2.45, 2.75) is 46.1 Å². The molecule has 0 aromatic carbocycles. The van der Waals surface area contributed by atoms with Crippen molar-refractivity contribution in [3.05, 3.63) is 11.9 Å². The van der Waals surface area contributed by atoms with Crippen molar-refractivity contribution < 1.29 is 9.53 Å². The van der Waals surface area contributed by atoms with Crippen molar-refractivity contribution in [3.63, 3.8) is 0 Å². The first-order valence-electron chi connectivity index (χ1n) is 7.28. The number of aromatic nitrogens is 2. The zero-order valence-electron chi connectivity index (χ0n) is 13.7. The lowest BCUT2D eigenvalue weighted by atomic mass is 10.0. The Balaban J connectivity index is 3.01. The maximum absolute atomic E-state index is 11.9. The number of hydrogen-bond acceptors (Lipinski definition) is 6. The molecule has 0 spiro atoms. The van der Waals surface area contributed by atoms with E-state index in [4.69, 9.17) is 4.74 Å². The Bertz CT molecular complexity index is 475. The molecule has 1 atom stereocenters. The van der Waals surface area contributed by atoms with Gasteiger partial charge in [-0.15, -0.1) is 0 Å². The normalized spacial score (nSPS) is 12.4. The average Bonchev–Trinajstić information content (AvgIpc) is 2.44. The minimum absolute atomic E-state index is 0.209. The van der Waals surface area contributed by atoms with E-state index in [1.54, 1.807) is 6.07 Å². The lowest BCUT2D eigenvalue weighted by molar-refractivity contribution is -0.141. The first kappa shape index (κ1) is 17.2. The molecule has 1 unspecified atom stereocenters. The molecule has 0 amide bonds. The molecule has 0 aliphatic carbocycles. The van der Waals surface area contributed by atoms with Gasteiger partial charge in [0, 0.05) is 19.0 Å². The topological polar surface area (TPSA) is 76.1 Å². The minimum Gasteiger partial charge on any atom is -0.467 e. The minimum atomic E-state index is -0.408. The van der Waals surface area contributed by atoms with Gasteiger partial charge in [0.1, 0.15) is 23.5 Å². The number of nitrogens with zero attached hydrogens (tertiary/aromatic N) is 2. The fourth-order valence-electron chi connectivity index (χ4n) is 1.93. The van der Waals surface area contributed by atoms with Gasteiger partial charge in [-0.05, 0) is 12.3 Å². The predicted molar refractivity (Wildman–Crippen MR) is 84.5 cm³/mol. The summed E-state index contributed by atoms with van der Waals surface area (Å²) in [5, 5.41) is 6.18. The van der Waals surface area contributed by atoms with Crippen LogP contribution in [0.5, 0.6) is 0 Å². The van der Waals surface area contributed by atoms with Crippen molar-refractivity contribution in [3.8, 4) is 0 Å². The van der Waals surface area contributed by atoms with Crippen LogP contribution in [0.4, 0.5) is 11.6 Å². The summed E-state index contributed by atoms with van der Waals surface area (Å²) in [6.45, 7) is 8.20. The SMILES string of the molecule is CNc1cc(NC(CC(C)C)C(=O)OC)nc(C(C)C)n1. The Morgan fingerprint density at radius 1 is 1.24 bits per heavy atom. The molecule has 118 valence electrons. The Morgan fingerprint density at radius 3 is 2.33 bits per heavy atom. The molecule has 1 rings (SSSR count). The fourth-order valence-corrected chi connectivity index (χ4v) is 1.93. The van der Waals surface area contributed by atoms with E-state index in [0.717, 1.165) is 11.6 Å². The van der Waals surface area contributed by atoms with E-state index >= 15 is 0 Å². The summed E-state index contributed by atoms with van der Waals surface area (Å²) in [5.41, 5.74) is 0. The van der Waals surface area contributed by atoms with E-state index in [0.29, 0.717) is 18.2 Å². The summed E-state index contributed by atoms with van der Waals surface area (Å²) in [6.07, 6.45) is 0.683. The Morgan fingerprint density at radius 2 is 1.86 bits per heavy atom. The smallest absolute Gasteiger partial charge is 0.328 e. The van der Waals surface area contributed by atoms with Crippen LogP contribution in [0.25, 0.3) is 0 Å². The maximum Gasteiger partial charge on any atom is 0.328 e. The van der Waals surface area contributed by atoms with E-state index in [2.05, 4.69) is 34.4 Å². The molecule has 0 bridgehead atoms. The number of nitrogens with one attached hydrogen (secondary N) is 2. The van der Waals surface area contributed by atoms with Crippen LogP contribution in [-0.2, 0) is 9.53 Å². The number of hydrogen-bond donors (Lipinski definition) is 2. The van der Waals surface area contributed by atoms with E-state index in [9.17, 15) is 4.79 Å². The molecular formula is C15H26N4O2. The largest absolute Gasteiger partial charge is 0.467 e. The van der Waals surface area contributed by atoms with Crippen LogP contribution >= 0.6 is 0 Å². The third-order valence-electron chi connectivity index (χ3n) is 3.03. The highest BCUT2D eigenvalue weighted by molar-refractivity contribution is 5.79. The maximum atomic E-state index is 11.9. The van der Waals surface area contributed by atoms with Crippen molar-refractivity contribution in [2.24, 2.45) is 5.92 Å². The van der Waals surface area contributed by atoms with Gasteiger partial charge in [0.2, 0.25) is 0 Å². The molecule has 0 aliphatic rings. The number of carbonyl (C=O) groups is 1. The molecule has 0 fully saturated rings. The van der Waals surface area contributed by atoms with Crippen LogP contribution in [0.3, 0.4) is 0 Å². The van der Waals surface area contributed by atoms with E-state index < -0.39 is 6.04 Å². The Kier molecular flexibility index (Phi) is 6.39. The summed E-state index contributed by atoms with van der Waals surface area (Å²) in [7, 11) is 3.21. The molecule has 1 heterocycles. The van der Waals surface area contributed by atoms with Crippen LogP contribution in [0, 0.1) is 5.92 Å². The first-order valence-corrected chi connectivity index (χ1v) is 7.28. The molecular weight excluding hydrogens is 268 g/mol. The number of methoxy groups -OCH3 is 1. The first-order chi connectivity index (χ1) is 9.87. The monoisotopic (exact) mass is 294 g/mol. The molecule has 1 aromatic rings. The molecule has 0 saturated heterocycles. The molecule has 6 nitrogen and oxygen atoms in total. The number of ether oxygens (including phenoxy) is 1. The van der Waals surface area contributed by atoms with Gasteiger partial charge in [0.15, 0.2) is 0 Å². The summed E-state index contributed by atoms with van der Waals surface area (Å²) >= 11 is 0. The van der Waals surface area contributed by atoms with Gasteiger partial charge in [-0.1, -0.05) is 27.7 Å². The van der Waals surface area contributed by atoms with Crippen LogP contribution in [0.1, 0.15) is 45.9 Å². The van der Waals surface area contributed by atoms with Crippen LogP contribution < -0.4 is 10.6 Å². The van der Waals surface area contributed by atoms with E-state index in [-0.39, 0.29) is 11.9 Å². The summed E-state index contributed by atoms with van der Waals surface area (Å²) < 4.78 is 4.86. The van der Waals surface area contributed by atoms with Gasteiger partial charge in [-0.25, -0.2) is 14.8 Å². The van der Waals surface area contributed by atoms with Crippen molar-refractivity contribution in [2.75, 3.05) is 24.8 Å². The lowest BCUT2D eigenvalue weighted by Gasteiger charge is -2.20. The number of anilines is 2. The number of esters is 1. The predicted octanol–water partition coefficient (Wildman–Crippen LogP) is 2.64. The number of carbonyl (C=O) groups excluding carboxylic acids is 1. The quantitative estimate of drug-likeness (QED) is 0.753. The summed E-state index contributed by atoms with van der Waals surface area (Å²) in [4.78, 5) is 20.8. The van der Waals surface area contributed by atoms with Gasteiger partial charge in [-0.2, -0.15) is 0 Å². The second-order valence-corrected chi connectivity index (χ2v) is 5.75. The zero-order valence-corrected chi connectivity index (χ0v) is 13.7. The highest BCUT2D eigenvalue weighted by atomic mass is 16.5. The third kappa shape index (κ3) is 5.21. The Hall–Kier alpha value is -1.85. The molecule has 1 aromatic heterocycles. The lowest BCUT2D eigenvalue weighted by Crippen LogP contribution is -2.32. The second kappa shape index (κ2) is 7.81. The van der Waals surface area contributed by atoms with E-state index in [1.807, 2.05) is 20.9 Å². The third-order valence-corrected chi connectivity index (χ3v) is 3.03. The summed E-state index contributed by atoms with van der Waals surface area (Å²) in [6, 6.07) is 1.39. The fraction of sp³-hybridized carbons (Fsp3) is 0.667. The zero-order chi connectivity index (χ0) is 16.0. The van der Waals surface area contributed by atoms with Gasteiger partial charge in [-0.3, -0.25) is 0 Å². The molecule has 0 aliphatic heterocycles. The van der Waals surface area contributed by atoms with Crippen molar-refractivity contribution >= 4 is 17.6 Å². The van der Waals surface area contributed by atoms with Crippen molar-refractivity contribution in [1.82, 2.24) is 9.97 Å². The van der Waals surface area contributed by atoms with Gasteiger partial charge >= 0.3 is 5.97 Å². The average molecular weight is 294 g/mol. The van der Waals surface area contributed by atoms with Gasteiger partial charge in [0.25, 0.3) is 0 Å². The van der Waals surface area contributed by atoms with Gasteiger partial charge < -0.3 is 15.4 Å². The molecule has 6 heteroatoms. The van der Waals surface area contributed by atoms with Gasteiger partial charge in [0.05, 0.1) is 7.11 Å². The second-order valence-electron chi connectivity index (χ2n) is 5.75. The Labute approximate surface area is 126 Å². The standard InChI is InChI=1S/C15H26N4O2/c1-9(2)7-11(15(20)21-6)17-13-8-12(16-5)18-14(19-13)10(3)4/h8-11H,7H2,1-6H3,(H2,16,17,18,19).